The Bertz CT molecular complexity index is 3830. The summed E-state index contributed by atoms with van der Waals surface area (Å²) in [4.78, 5) is 0. The van der Waals surface area contributed by atoms with Crippen molar-refractivity contribution in [3.63, 3.8) is 0 Å². The summed E-state index contributed by atoms with van der Waals surface area (Å²) in [6.07, 6.45) is 0. The van der Waals surface area contributed by atoms with E-state index in [1.54, 1.807) is 0 Å². The topological polar surface area (TPSA) is 14.3 Å². The smallest absolute Gasteiger partial charge is 0.0641 e. The van der Waals surface area contributed by atoms with Crippen LogP contribution >= 0.6 is 0 Å². The predicted molar refractivity (Wildman–Crippen MR) is 243 cm³/mol. The van der Waals surface area contributed by atoms with Gasteiger partial charge in [-0.3, -0.25) is 0 Å². The van der Waals surface area contributed by atoms with Crippen LogP contribution in [-0.4, -0.2) is 13.5 Å². The van der Waals surface area contributed by atoms with Gasteiger partial charge in [0.2, 0.25) is 0 Å². The van der Waals surface area contributed by atoms with Crippen LogP contribution in [0.3, 0.4) is 0 Å². The van der Waals surface area contributed by atoms with Crippen molar-refractivity contribution in [2.75, 3.05) is 0 Å². The van der Waals surface area contributed by atoms with Gasteiger partial charge in [0.05, 0.1) is 38.6 Å². The van der Waals surface area contributed by atoms with Crippen LogP contribution in [0.2, 0.25) is 0 Å². The van der Waals surface area contributed by atoms with E-state index < -0.39 is 0 Å². The molecule has 1 aliphatic rings. The Balaban J connectivity index is 1.28. The minimum Gasteiger partial charge on any atom is -0.309 e. The highest BCUT2D eigenvalue weighted by molar-refractivity contribution is 6.37. The van der Waals surface area contributed by atoms with Gasteiger partial charge in [-0.15, -0.1) is 0 Å². The van der Waals surface area contributed by atoms with E-state index in [9.17, 15) is 0 Å². The van der Waals surface area contributed by atoms with Gasteiger partial charge < -0.3 is 13.5 Å². The van der Waals surface area contributed by atoms with Crippen molar-refractivity contribution in [2.24, 2.45) is 0 Å². The molecule has 4 heterocycles. The molecule has 0 aliphatic heterocycles. The molecule has 268 valence electrons. The second-order valence-electron chi connectivity index (χ2n) is 16.0. The summed E-state index contributed by atoms with van der Waals surface area (Å²) in [7, 11) is 0. The van der Waals surface area contributed by atoms with Gasteiger partial charge >= 0.3 is 0 Å². The van der Waals surface area contributed by atoms with Gasteiger partial charge in [-0.25, -0.2) is 0 Å². The van der Waals surface area contributed by atoms with E-state index >= 15 is 0 Å². The maximum atomic E-state index is 2.60. The summed E-state index contributed by atoms with van der Waals surface area (Å²) in [5.74, 6) is 0.105. The van der Waals surface area contributed by atoms with Crippen LogP contribution < -0.4 is 0 Å². The molecule has 3 nitrogen and oxygen atoms in total. The highest BCUT2D eigenvalue weighted by Gasteiger charge is 2.36. The van der Waals surface area contributed by atoms with Crippen molar-refractivity contribution >= 4 is 81.7 Å². The van der Waals surface area contributed by atoms with E-state index in [-0.39, 0.29) is 5.92 Å². The van der Waals surface area contributed by atoms with Crippen molar-refractivity contribution in [3.8, 4) is 22.5 Å². The van der Waals surface area contributed by atoms with Crippen LogP contribution in [0.1, 0.15) is 22.6 Å². The molecule has 4 aromatic heterocycles. The molecule has 14 rings (SSSR count). The Morgan fingerprint density at radius 1 is 0.328 bits per heavy atom. The molecule has 1 unspecified atom stereocenters. The lowest BCUT2D eigenvalue weighted by Crippen LogP contribution is -1.99. The number of benzene rings is 9. The summed E-state index contributed by atoms with van der Waals surface area (Å²) >= 11 is 0. The maximum absolute atomic E-state index is 2.60. The molecular formula is C55H33N3. The van der Waals surface area contributed by atoms with Crippen LogP contribution in [0.4, 0.5) is 0 Å². The highest BCUT2D eigenvalue weighted by Crippen LogP contribution is 2.57. The molecule has 9 aromatic carbocycles. The minimum absolute atomic E-state index is 0.105. The van der Waals surface area contributed by atoms with Crippen molar-refractivity contribution in [3.05, 3.63) is 211 Å². The SMILES string of the molecule is c1ccc(C2c3ccccc3-c3c2cc2c4c5c(ccc4n4c6ccc7c8ccccc8n(-c8ccccc8)c7c6c3c24)c2ccccc2n5-c2ccccc2)cc1. The van der Waals surface area contributed by atoms with Crippen molar-refractivity contribution < 1.29 is 0 Å². The normalized spacial score (nSPS) is 14.0. The fourth-order valence-corrected chi connectivity index (χ4v) is 11.1. The van der Waals surface area contributed by atoms with Crippen LogP contribution in [0.5, 0.6) is 0 Å². The van der Waals surface area contributed by atoms with Crippen LogP contribution in [0.25, 0.3) is 104 Å². The van der Waals surface area contributed by atoms with Crippen molar-refractivity contribution in [2.45, 2.75) is 5.92 Å². The fourth-order valence-electron chi connectivity index (χ4n) is 11.1. The number of hydrogen-bond acceptors (Lipinski definition) is 0. The first-order valence-electron chi connectivity index (χ1n) is 20.2. The Kier molecular flexibility index (Phi) is 5.81. The first-order valence-corrected chi connectivity index (χ1v) is 20.2. The molecule has 0 bridgehead atoms. The third-order valence-electron chi connectivity index (χ3n) is 13.2. The minimum atomic E-state index is 0.105. The molecule has 0 amide bonds. The van der Waals surface area contributed by atoms with Crippen molar-refractivity contribution in [1.29, 1.82) is 0 Å². The van der Waals surface area contributed by atoms with Gasteiger partial charge in [-0.2, -0.15) is 0 Å². The van der Waals surface area contributed by atoms with E-state index in [0.717, 1.165) is 0 Å². The summed E-state index contributed by atoms with van der Waals surface area (Å²) in [5, 5.41) is 10.3. The molecule has 3 heteroatoms. The lowest BCUT2D eigenvalue weighted by molar-refractivity contribution is 1.02. The Morgan fingerprint density at radius 3 is 1.48 bits per heavy atom. The number of aromatic nitrogens is 3. The average molecular weight is 736 g/mol. The predicted octanol–water partition coefficient (Wildman–Crippen LogP) is 14.2. The number of fused-ring (bicyclic) bond motifs is 18. The summed E-state index contributed by atoms with van der Waals surface area (Å²) in [5.41, 5.74) is 17.8. The van der Waals surface area contributed by atoms with E-state index in [1.807, 2.05) is 0 Å². The van der Waals surface area contributed by atoms with Gasteiger partial charge in [0.1, 0.15) is 0 Å². The molecule has 0 N–H and O–H groups in total. The Morgan fingerprint density at radius 2 is 0.845 bits per heavy atom. The third kappa shape index (κ3) is 3.70. The summed E-state index contributed by atoms with van der Waals surface area (Å²) < 4.78 is 7.63. The quantitative estimate of drug-likeness (QED) is 0.172. The van der Waals surface area contributed by atoms with Crippen LogP contribution in [-0.2, 0) is 0 Å². The van der Waals surface area contributed by atoms with Gasteiger partial charge in [-0.05, 0) is 82.4 Å². The Hall–Kier alpha value is -7.62. The zero-order chi connectivity index (χ0) is 37.6. The molecule has 1 aliphatic carbocycles. The third-order valence-corrected chi connectivity index (χ3v) is 13.2. The second kappa shape index (κ2) is 11.0. The number of nitrogens with zero attached hydrogens (tertiary/aromatic N) is 3. The number of hydrogen-bond donors (Lipinski definition) is 0. The molecule has 0 saturated heterocycles. The fraction of sp³-hybridized carbons (Fsp3) is 0.0182. The lowest BCUT2D eigenvalue weighted by Gasteiger charge is -2.15. The summed E-state index contributed by atoms with van der Waals surface area (Å²) in [6, 6.07) is 72.1. The van der Waals surface area contributed by atoms with E-state index in [0.29, 0.717) is 0 Å². The zero-order valence-electron chi connectivity index (χ0n) is 31.4. The number of para-hydroxylation sites is 4. The van der Waals surface area contributed by atoms with E-state index in [1.165, 1.54) is 121 Å². The first-order chi connectivity index (χ1) is 28.8. The van der Waals surface area contributed by atoms with Crippen LogP contribution in [0, 0.1) is 0 Å². The van der Waals surface area contributed by atoms with Gasteiger partial charge in [0.15, 0.2) is 0 Å². The largest absolute Gasteiger partial charge is 0.309 e. The molecule has 58 heavy (non-hydrogen) atoms. The molecule has 1 atom stereocenters. The number of rotatable bonds is 3. The second-order valence-corrected chi connectivity index (χ2v) is 16.0. The molecular weight excluding hydrogens is 703 g/mol. The van der Waals surface area contributed by atoms with E-state index in [4.69, 9.17) is 0 Å². The standard InChI is InChI=1S/C55H33N3/c1-4-16-33(17-5-1)48-38-24-10-11-25-39(38)49-42(48)32-43-50-46(30-28-40-36-22-12-14-26-44(36)56(53(40)50)34-18-6-2-7-19-34)58-47-31-29-41-37-23-13-15-27-45(37)57(35-20-8-3-9-21-35)54(41)51(47)52(49)55(43)58/h1-32,48H. The van der Waals surface area contributed by atoms with E-state index in [2.05, 4.69) is 208 Å². The molecule has 13 aromatic rings. The van der Waals surface area contributed by atoms with Gasteiger partial charge in [0.25, 0.3) is 0 Å². The highest BCUT2D eigenvalue weighted by atomic mass is 15.0. The molecule has 0 saturated carbocycles. The zero-order valence-corrected chi connectivity index (χ0v) is 31.4. The maximum Gasteiger partial charge on any atom is 0.0641 e. The van der Waals surface area contributed by atoms with Gasteiger partial charge in [-0.1, -0.05) is 140 Å². The lowest BCUT2D eigenvalue weighted by atomic mass is 9.88. The van der Waals surface area contributed by atoms with Gasteiger partial charge in [0, 0.05) is 60.4 Å². The van der Waals surface area contributed by atoms with Crippen LogP contribution in [0.15, 0.2) is 194 Å². The molecule has 0 radical (unpaired) electrons. The van der Waals surface area contributed by atoms with Crippen molar-refractivity contribution in [1.82, 2.24) is 13.5 Å². The first kappa shape index (κ1) is 30.6. The molecule has 0 spiro atoms. The summed E-state index contributed by atoms with van der Waals surface area (Å²) in [6.45, 7) is 0. The average Bonchev–Trinajstić information content (AvgIpc) is 4.07. The monoisotopic (exact) mass is 735 g/mol. The Labute approximate surface area is 333 Å². The molecule has 0 fully saturated rings.